The molecule has 0 spiro atoms. The molecule has 1 fully saturated rings. The number of nitrogens with zero attached hydrogens (tertiary/aromatic N) is 4. The topological polar surface area (TPSA) is 103 Å². The summed E-state index contributed by atoms with van der Waals surface area (Å²) in [5, 5.41) is 17.7. The molecule has 1 amide bonds. The SMILES string of the molecule is O=C(Nc1cccc(CN2CCOCC2)c1)c1ccc(Cn2cc(Cl)c([N+](=O)[O-])n2)cc1. The van der Waals surface area contributed by atoms with Gasteiger partial charge >= 0.3 is 5.82 Å². The van der Waals surface area contributed by atoms with Crippen LogP contribution in [-0.4, -0.2) is 51.8 Å². The van der Waals surface area contributed by atoms with Crippen LogP contribution in [0.3, 0.4) is 0 Å². The van der Waals surface area contributed by atoms with Crippen LogP contribution in [0.2, 0.25) is 5.02 Å². The molecule has 4 rings (SSSR count). The van der Waals surface area contributed by atoms with E-state index in [1.54, 1.807) is 24.3 Å². The summed E-state index contributed by atoms with van der Waals surface area (Å²) in [4.78, 5) is 25.2. The number of nitrogens with one attached hydrogen (secondary N) is 1. The fourth-order valence-electron chi connectivity index (χ4n) is 3.51. The summed E-state index contributed by atoms with van der Waals surface area (Å²) < 4.78 is 6.78. The minimum atomic E-state index is -0.623. The summed E-state index contributed by atoms with van der Waals surface area (Å²) in [6.07, 6.45) is 1.41. The number of hydrogen-bond acceptors (Lipinski definition) is 6. The lowest BCUT2D eigenvalue weighted by molar-refractivity contribution is -0.389. The fourth-order valence-corrected chi connectivity index (χ4v) is 3.73. The van der Waals surface area contributed by atoms with Crippen LogP contribution in [-0.2, 0) is 17.8 Å². The Kier molecular flexibility index (Phi) is 6.79. The number of halogens is 1. The zero-order valence-electron chi connectivity index (χ0n) is 17.2. The Morgan fingerprint density at radius 1 is 1.12 bits per heavy atom. The van der Waals surface area contributed by atoms with Crippen LogP contribution in [0.4, 0.5) is 11.5 Å². The van der Waals surface area contributed by atoms with E-state index in [2.05, 4.69) is 15.3 Å². The molecule has 0 radical (unpaired) electrons. The summed E-state index contributed by atoms with van der Waals surface area (Å²) in [5.41, 5.74) is 3.22. The number of rotatable bonds is 7. The number of aromatic nitrogens is 2. The molecule has 1 N–H and O–H groups in total. The van der Waals surface area contributed by atoms with Gasteiger partial charge in [0.2, 0.25) is 0 Å². The van der Waals surface area contributed by atoms with Crippen molar-refractivity contribution in [2.45, 2.75) is 13.1 Å². The molecule has 9 nitrogen and oxygen atoms in total. The van der Waals surface area contributed by atoms with E-state index in [9.17, 15) is 14.9 Å². The molecule has 2 aromatic carbocycles. The van der Waals surface area contributed by atoms with Gasteiger partial charge in [0.05, 0.1) is 31.1 Å². The molecular formula is C22H22ClN5O4. The first-order valence-corrected chi connectivity index (χ1v) is 10.5. The molecule has 32 heavy (non-hydrogen) atoms. The number of amides is 1. The van der Waals surface area contributed by atoms with Gasteiger partial charge in [0.1, 0.15) is 0 Å². The number of benzene rings is 2. The van der Waals surface area contributed by atoms with Gasteiger partial charge in [0.15, 0.2) is 5.02 Å². The van der Waals surface area contributed by atoms with Gasteiger partial charge in [0, 0.05) is 30.9 Å². The standard InChI is InChI=1S/C22H22ClN5O4/c23-20-15-27(25-21(20)28(30)31)14-16-4-6-18(7-5-16)22(29)24-19-3-1-2-17(12-19)13-26-8-10-32-11-9-26/h1-7,12,15H,8-11,13-14H2,(H,24,29). The van der Waals surface area contributed by atoms with E-state index < -0.39 is 4.92 Å². The summed E-state index contributed by atoms with van der Waals surface area (Å²) in [7, 11) is 0. The summed E-state index contributed by atoms with van der Waals surface area (Å²) in [6.45, 7) is 4.42. The highest BCUT2D eigenvalue weighted by atomic mass is 35.5. The van der Waals surface area contributed by atoms with E-state index in [0.717, 1.165) is 49.7 Å². The number of hydrogen-bond donors (Lipinski definition) is 1. The molecular weight excluding hydrogens is 434 g/mol. The first kappa shape index (κ1) is 21.9. The van der Waals surface area contributed by atoms with Gasteiger partial charge < -0.3 is 20.2 Å². The van der Waals surface area contributed by atoms with Crippen molar-refractivity contribution in [3.05, 3.63) is 86.6 Å². The maximum Gasteiger partial charge on any atom is 0.408 e. The lowest BCUT2D eigenvalue weighted by Crippen LogP contribution is -2.35. The van der Waals surface area contributed by atoms with Gasteiger partial charge in [-0.05, 0) is 40.3 Å². The van der Waals surface area contributed by atoms with E-state index in [1.165, 1.54) is 10.9 Å². The maximum atomic E-state index is 12.7. The number of carbonyl (C=O) groups excluding carboxylic acids is 1. The molecule has 0 unspecified atom stereocenters. The number of morpholine rings is 1. The summed E-state index contributed by atoms with van der Waals surface area (Å²) in [5.74, 6) is -0.587. The molecule has 10 heteroatoms. The zero-order chi connectivity index (χ0) is 22.5. The second-order valence-electron chi connectivity index (χ2n) is 7.50. The molecule has 1 aromatic heterocycles. The molecule has 166 valence electrons. The second-order valence-corrected chi connectivity index (χ2v) is 7.90. The molecule has 1 saturated heterocycles. The highest BCUT2D eigenvalue weighted by Crippen LogP contribution is 2.22. The number of carbonyl (C=O) groups is 1. The Bertz CT molecular complexity index is 1110. The van der Waals surface area contributed by atoms with Crippen LogP contribution in [0.1, 0.15) is 21.5 Å². The molecule has 0 saturated carbocycles. The van der Waals surface area contributed by atoms with Gasteiger partial charge in [-0.3, -0.25) is 9.69 Å². The van der Waals surface area contributed by atoms with E-state index in [4.69, 9.17) is 16.3 Å². The Morgan fingerprint density at radius 3 is 2.56 bits per heavy atom. The van der Waals surface area contributed by atoms with Crippen LogP contribution in [0.5, 0.6) is 0 Å². The Morgan fingerprint density at radius 2 is 1.88 bits per heavy atom. The first-order valence-electron chi connectivity index (χ1n) is 10.1. The van der Waals surface area contributed by atoms with Crippen molar-refractivity contribution in [2.75, 3.05) is 31.6 Å². The normalized spacial score (nSPS) is 14.3. The Hall–Kier alpha value is -3.27. The van der Waals surface area contributed by atoms with Crippen molar-refractivity contribution in [2.24, 2.45) is 0 Å². The molecule has 0 aliphatic carbocycles. The fraction of sp³-hybridized carbons (Fsp3) is 0.273. The molecule has 2 heterocycles. The van der Waals surface area contributed by atoms with Gasteiger partial charge in [-0.25, -0.2) is 0 Å². The van der Waals surface area contributed by atoms with Crippen molar-refractivity contribution < 1.29 is 14.5 Å². The lowest BCUT2D eigenvalue weighted by atomic mass is 10.1. The quantitative estimate of drug-likeness (QED) is 0.431. The highest BCUT2D eigenvalue weighted by Gasteiger charge is 2.19. The summed E-state index contributed by atoms with van der Waals surface area (Å²) >= 11 is 5.83. The third-order valence-corrected chi connectivity index (χ3v) is 5.39. The Balaban J connectivity index is 1.37. The van der Waals surface area contributed by atoms with Gasteiger partial charge in [-0.15, -0.1) is 0 Å². The largest absolute Gasteiger partial charge is 0.408 e. The van der Waals surface area contributed by atoms with Crippen molar-refractivity contribution in [1.82, 2.24) is 14.7 Å². The van der Waals surface area contributed by atoms with Gasteiger partial charge in [-0.1, -0.05) is 35.9 Å². The molecule has 1 aliphatic rings. The molecule has 0 atom stereocenters. The second kappa shape index (κ2) is 9.90. The van der Waals surface area contributed by atoms with Crippen LogP contribution >= 0.6 is 11.6 Å². The first-order chi connectivity index (χ1) is 15.5. The zero-order valence-corrected chi connectivity index (χ0v) is 18.0. The van der Waals surface area contributed by atoms with Gasteiger partial charge in [0.25, 0.3) is 5.91 Å². The minimum absolute atomic E-state index is 0.0122. The average molecular weight is 456 g/mol. The van der Waals surface area contributed by atoms with Crippen LogP contribution < -0.4 is 5.32 Å². The smallest absolute Gasteiger partial charge is 0.379 e. The van der Waals surface area contributed by atoms with Crippen molar-refractivity contribution in [3.8, 4) is 0 Å². The predicted octanol–water partition coefficient (Wildman–Crippen LogP) is 3.58. The molecule has 0 bridgehead atoms. The van der Waals surface area contributed by atoms with E-state index in [-0.39, 0.29) is 16.7 Å². The highest BCUT2D eigenvalue weighted by molar-refractivity contribution is 6.32. The number of anilines is 1. The third kappa shape index (κ3) is 5.50. The number of nitro groups is 1. The van der Waals surface area contributed by atoms with Crippen LogP contribution in [0, 0.1) is 10.1 Å². The van der Waals surface area contributed by atoms with Gasteiger partial charge in [-0.2, -0.15) is 4.68 Å². The Labute approximate surface area is 189 Å². The molecule has 1 aliphatic heterocycles. The number of ether oxygens (including phenoxy) is 1. The average Bonchev–Trinajstić information content (AvgIpc) is 3.15. The van der Waals surface area contributed by atoms with E-state index in [0.29, 0.717) is 12.1 Å². The van der Waals surface area contributed by atoms with Crippen molar-refractivity contribution in [1.29, 1.82) is 0 Å². The third-order valence-electron chi connectivity index (χ3n) is 5.13. The van der Waals surface area contributed by atoms with Crippen molar-refractivity contribution in [3.63, 3.8) is 0 Å². The maximum absolute atomic E-state index is 12.7. The van der Waals surface area contributed by atoms with Crippen molar-refractivity contribution >= 4 is 29.0 Å². The predicted molar refractivity (Wildman–Crippen MR) is 120 cm³/mol. The summed E-state index contributed by atoms with van der Waals surface area (Å²) in [6, 6.07) is 14.8. The monoisotopic (exact) mass is 455 g/mol. The minimum Gasteiger partial charge on any atom is -0.379 e. The molecule has 3 aromatic rings. The van der Waals surface area contributed by atoms with Crippen LogP contribution in [0.25, 0.3) is 0 Å². The lowest BCUT2D eigenvalue weighted by Gasteiger charge is -2.26. The van der Waals surface area contributed by atoms with Crippen LogP contribution in [0.15, 0.2) is 54.7 Å². The van der Waals surface area contributed by atoms with E-state index in [1.807, 2.05) is 24.3 Å². The van der Waals surface area contributed by atoms with E-state index >= 15 is 0 Å².